The second-order valence-electron chi connectivity index (χ2n) is 12.7. The SMILES string of the molecule is CC(=O)CCC(=O)N1CCN(c2nc(=O)n(-c3c(C4CC4)ncnc3C3CC3)c3c2C=C(F)C(=C2C(=O)C=CC=C2F)N3O)[C@@H](C)C1. The summed E-state index contributed by atoms with van der Waals surface area (Å²) in [5.74, 6) is -3.31. The van der Waals surface area contributed by atoms with Crippen LogP contribution < -0.4 is 15.7 Å². The molecule has 0 aromatic carbocycles. The number of fused-ring (bicyclic) bond motifs is 1. The van der Waals surface area contributed by atoms with Gasteiger partial charge >= 0.3 is 5.69 Å². The minimum Gasteiger partial charge on any atom is -0.350 e. The van der Waals surface area contributed by atoms with Crippen molar-refractivity contribution in [3.8, 4) is 5.69 Å². The fourth-order valence-corrected chi connectivity index (χ4v) is 6.52. The Bertz CT molecular complexity index is 1880. The van der Waals surface area contributed by atoms with Crippen LogP contribution in [0, 0.1) is 0 Å². The van der Waals surface area contributed by atoms with Gasteiger partial charge in [-0.15, -0.1) is 0 Å². The third-order valence-corrected chi connectivity index (χ3v) is 9.18. The first-order valence-electron chi connectivity index (χ1n) is 15.8. The molecule has 47 heavy (non-hydrogen) atoms. The predicted octanol–water partition coefficient (Wildman–Crippen LogP) is 3.95. The molecular weight excluding hydrogens is 612 g/mol. The van der Waals surface area contributed by atoms with Crippen molar-refractivity contribution >= 4 is 35.2 Å². The van der Waals surface area contributed by atoms with Crippen LogP contribution in [-0.4, -0.2) is 72.8 Å². The minimum absolute atomic E-state index is 0.0349. The Balaban J connectivity index is 1.41. The van der Waals surface area contributed by atoms with Crippen molar-refractivity contribution in [2.75, 3.05) is 29.6 Å². The van der Waals surface area contributed by atoms with E-state index in [-0.39, 0.29) is 73.2 Å². The van der Waals surface area contributed by atoms with E-state index in [2.05, 4.69) is 15.0 Å². The normalized spacial score (nSPS) is 22.7. The van der Waals surface area contributed by atoms with Crippen molar-refractivity contribution in [1.82, 2.24) is 24.4 Å². The predicted molar refractivity (Wildman–Crippen MR) is 166 cm³/mol. The number of hydroxylamine groups is 1. The molecule has 2 aliphatic heterocycles. The molecule has 1 saturated heterocycles. The Morgan fingerprint density at radius 1 is 1.00 bits per heavy atom. The van der Waals surface area contributed by atoms with Gasteiger partial charge in [0, 0.05) is 50.4 Å². The number of piperazine rings is 1. The molecule has 12 nitrogen and oxygen atoms in total. The van der Waals surface area contributed by atoms with Gasteiger partial charge in [0.15, 0.2) is 17.4 Å². The quantitative estimate of drug-likeness (QED) is 0.440. The number of hydrogen-bond acceptors (Lipinski definition) is 10. The molecule has 1 amide bonds. The van der Waals surface area contributed by atoms with Crippen LogP contribution in [0.4, 0.5) is 20.4 Å². The van der Waals surface area contributed by atoms with Crippen molar-refractivity contribution in [2.45, 2.75) is 70.3 Å². The average molecular weight is 646 g/mol. The van der Waals surface area contributed by atoms with E-state index in [4.69, 9.17) is 0 Å². The molecule has 0 radical (unpaired) electrons. The Morgan fingerprint density at radius 3 is 2.28 bits per heavy atom. The Hall–Kier alpha value is -4.85. The summed E-state index contributed by atoms with van der Waals surface area (Å²) in [5, 5.41) is 12.2. The highest BCUT2D eigenvalue weighted by molar-refractivity contribution is 6.10. The smallest absolute Gasteiger partial charge is 0.350 e. The number of halogens is 2. The van der Waals surface area contributed by atoms with E-state index in [0.29, 0.717) is 22.1 Å². The molecule has 244 valence electrons. The van der Waals surface area contributed by atoms with E-state index >= 15 is 8.78 Å². The lowest BCUT2D eigenvalue weighted by Crippen LogP contribution is -2.54. The summed E-state index contributed by atoms with van der Waals surface area (Å²) in [6, 6.07) is -0.394. The molecule has 14 heteroatoms. The lowest BCUT2D eigenvalue weighted by Gasteiger charge is -2.42. The van der Waals surface area contributed by atoms with E-state index in [0.717, 1.165) is 43.9 Å². The molecule has 3 aliphatic carbocycles. The summed E-state index contributed by atoms with van der Waals surface area (Å²) in [4.78, 5) is 68.2. The zero-order valence-corrected chi connectivity index (χ0v) is 25.9. The lowest BCUT2D eigenvalue weighted by molar-refractivity contribution is -0.133. The van der Waals surface area contributed by atoms with Crippen LogP contribution in [0.3, 0.4) is 0 Å². The summed E-state index contributed by atoms with van der Waals surface area (Å²) in [6.07, 6.45) is 9.34. The van der Waals surface area contributed by atoms with Crippen LogP contribution in [0.15, 0.2) is 52.3 Å². The van der Waals surface area contributed by atoms with E-state index < -0.39 is 40.4 Å². The summed E-state index contributed by atoms with van der Waals surface area (Å²) >= 11 is 0. The van der Waals surface area contributed by atoms with Crippen LogP contribution in [0.25, 0.3) is 11.8 Å². The summed E-state index contributed by atoms with van der Waals surface area (Å²) in [7, 11) is 0. The van der Waals surface area contributed by atoms with Crippen LogP contribution in [0.5, 0.6) is 0 Å². The Morgan fingerprint density at radius 2 is 1.68 bits per heavy atom. The monoisotopic (exact) mass is 645 g/mol. The summed E-state index contributed by atoms with van der Waals surface area (Å²) in [5.41, 5.74) is -0.622. The van der Waals surface area contributed by atoms with Gasteiger partial charge in [-0.25, -0.2) is 33.2 Å². The third kappa shape index (κ3) is 5.49. The molecule has 0 unspecified atom stereocenters. The summed E-state index contributed by atoms with van der Waals surface area (Å²) in [6.45, 7) is 3.98. The molecule has 2 saturated carbocycles. The van der Waals surface area contributed by atoms with Gasteiger partial charge in [-0.3, -0.25) is 14.8 Å². The molecule has 0 bridgehead atoms. The first-order chi connectivity index (χ1) is 22.5. The number of carbonyl (C=O) groups is 3. The first kappa shape index (κ1) is 30.8. The van der Waals surface area contributed by atoms with Gasteiger partial charge in [-0.2, -0.15) is 4.98 Å². The first-order valence-corrected chi connectivity index (χ1v) is 15.8. The molecule has 2 aromatic heterocycles. The second kappa shape index (κ2) is 11.7. The number of hydrogen-bond donors (Lipinski definition) is 1. The maximum atomic E-state index is 16.1. The Kier molecular flexibility index (Phi) is 7.69. The van der Waals surface area contributed by atoms with Gasteiger partial charge in [-0.05, 0) is 57.8 Å². The topological polar surface area (TPSA) is 142 Å². The molecule has 1 atom stereocenters. The van der Waals surface area contributed by atoms with Gasteiger partial charge in [0.2, 0.25) is 5.91 Å². The second-order valence-corrected chi connectivity index (χ2v) is 12.7. The molecule has 3 fully saturated rings. The van der Waals surface area contributed by atoms with Crippen LogP contribution >= 0.6 is 0 Å². The minimum atomic E-state index is -1.10. The highest BCUT2D eigenvalue weighted by Gasteiger charge is 2.41. The molecule has 4 heterocycles. The number of Topliss-reactive ketones (excluding diaryl/α,β-unsaturated/α-hetero) is 1. The highest BCUT2D eigenvalue weighted by Crippen LogP contribution is 2.49. The third-order valence-electron chi connectivity index (χ3n) is 9.18. The fourth-order valence-electron chi connectivity index (χ4n) is 6.52. The van der Waals surface area contributed by atoms with E-state index in [9.17, 15) is 24.4 Å². The zero-order chi connectivity index (χ0) is 33.1. The van der Waals surface area contributed by atoms with Crippen molar-refractivity contribution < 1.29 is 28.4 Å². The number of nitrogens with zero attached hydrogens (tertiary/aromatic N) is 7. The van der Waals surface area contributed by atoms with Gasteiger partial charge < -0.3 is 14.6 Å². The van der Waals surface area contributed by atoms with Crippen LogP contribution in [0.2, 0.25) is 0 Å². The van der Waals surface area contributed by atoms with E-state index in [1.54, 1.807) is 9.80 Å². The van der Waals surface area contributed by atoms with E-state index in [1.165, 1.54) is 23.9 Å². The van der Waals surface area contributed by atoms with Gasteiger partial charge in [0.25, 0.3) is 0 Å². The lowest BCUT2D eigenvalue weighted by atomic mass is 9.98. The van der Waals surface area contributed by atoms with Gasteiger partial charge in [-0.1, -0.05) is 6.08 Å². The van der Waals surface area contributed by atoms with Crippen molar-refractivity contribution in [3.63, 3.8) is 0 Å². The van der Waals surface area contributed by atoms with Crippen molar-refractivity contribution in [1.29, 1.82) is 0 Å². The van der Waals surface area contributed by atoms with Crippen molar-refractivity contribution in [3.05, 3.63) is 74.9 Å². The molecule has 1 N–H and O–H groups in total. The number of ketones is 2. The molecule has 0 spiro atoms. The summed E-state index contributed by atoms with van der Waals surface area (Å²) < 4.78 is 32.4. The molecule has 2 aromatic rings. The Labute approximate surface area is 268 Å². The van der Waals surface area contributed by atoms with Crippen molar-refractivity contribution in [2.24, 2.45) is 0 Å². The molecular formula is C33H33F2N7O5. The number of carbonyl (C=O) groups excluding carboxylic acids is 3. The number of anilines is 2. The number of aromatic nitrogens is 4. The average Bonchev–Trinajstić information content (AvgIpc) is 3.95. The number of rotatable bonds is 7. The highest BCUT2D eigenvalue weighted by atomic mass is 19.1. The van der Waals surface area contributed by atoms with Crippen LogP contribution in [-0.2, 0) is 14.4 Å². The van der Waals surface area contributed by atoms with Gasteiger partial charge in [0.1, 0.15) is 29.5 Å². The fraction of sp³-hybridized carbons (Fsp3) is 0.424. The standard InChI is InChI=1S/C33H33F2N7O5/c1-17-15-39(25(45)11-6-18(2)43)12-13-40(17)31-21-14-23(35)29(26-22(34)4-3-5-24(26)44)42(47)32(21)41(33(46)38-31)30-27(19-7-8-19)36-16-37-28(30)20-9-10-20/h3-5,14,16-17,19-20,47H,6-13,15H2,1-2H3/t17-/m0/s1. The zero-order valence-electron chi connectivity index (χ0n) is 25.9. The number of allylic oxidation sites excluding steroid dienone is 6. The van der Waals surface area contributed by atoms with Crippen LogP contribution in [0.1, 0.15) is 81.2 Å². The van der Waals surface area contributed by atoms with Gasteiger partial charge in [0.05, 0.1) is 28.2 Å². The number of amides is 1. The maximum Gasteiger partial charge on any atom is 0.355 e. The maximum absolute atomic E-state index is 16.1. The van der Waals surface area contributed by atoms with E-state index in [1.807, 2.05) is 6.92 Å². The molecule has 7 rings (SSSR count). The largest absolute Gasteiger partial charge is 0.355 e. The molecule has 5 aliphatic rings.